The first-order chi connectivity index (χ1) is 12.8. The Balaban J connectivity index is 0. The molecule has 0 unspecified atom stereocenters. The Morgan fingerprint density at radius 1 is 1.15 bits per heavy atom. The summed E-state index contributed by atoms with van der Waals surface area (Å²) in [7, 11) is 0. The first kappa shape index (κ1) is 27.1. The van der Waals surface area contributed by atoms with Crippen LogP contribution in [0.15, 0.2) is 30.6 Å². The van der Waals surface area contributed by atoms with Crippen LogP contribution < -0.4 is 0 Å². The number of hydrogen-bond donors (Lipinski definition) is 0. The molecule has 0 saturated heterocycles. The number of carbonyl (C=O) groups excluding carboxylic acids is 2. The Kier molecular flexibility index (Phi) is 15.0. The average molecular weight is 397 g/mol. The zero-order valence-corrected chi connectivity index (χ0v) is 18.5. The summed E-state index contributed by atoms with van der Waals surface area (Å²) in [4.78, 5) is 20.5. The largest absolute Gasteiger partial charge is 0.462 e. The smallest absolute Gasteiger partial charge is 0.293 e. The fraction of sp³-hybridized carbons (Fsp3) is 0.476. The van der Waals surface area contributed by atoms with Crippen molar-refractivity contribution in [2.24, 2.45) is 0 Å². The molecule has 0 fully saturated rings. The molecule has 0 spiro atoms. The van der Waals surface area contributed by atoms with E-state index in [1.165, 1.54) is 0 Å². The molecule has 0 saturated carbocycles. The van der Waals surface area contributed by atoms with Crippen molar-refractivity contribution in [3.8, 4) is 11.1 Å². The summed E-state index contributed by atoms with van der Waals surface area (Å²) in [6, 6.07) is 5.20. The van der Waals surface area contributed by atoms with Crippen LogP contribution in [0.25, 0.3) is 11.1 Å². The SMILES string of the molecule is CC.CC.CC(C)(C)OC=O.CCn1cc(-c2cc(Cl)ccc2C=O)cn1. The second-order valence-corrected chi connectivity index (χ2v) is 6.20. The molecule has 152 valence electrons. The van der Waals surface area contributed by atoms with Gasteiger partial charge in [0.15, 0.2) is 6.29 Å². The highest BCUT2D eigenvalue weighted by Gasteiger charge is 2.08. The maximum absolute atomic E-state index is 10.9. The molecule has 2 rings (SSSR count). The number of nitrogens with zero attached hydrogens (tertiary/aromatic N) is 2. The molecule has 0 N–H and O–H groups in total. The molecular formula is C21H33ClN2O3. The van der Waals surface area contributed by atoms with E-state index in [0.29, 0.717) is 17.1 Å². The average Bonchev–Trinajstić information content (AvgIpc) is 3.14. The highest BCUT2D eigenvalue weighted by Crippen LogP contribution is 2.25. The highest BCUT2D eigenvalue weighted by atomic mass is 35.5. The van der Waals surface area contributed by atoms with Crippen molar-refractivity contribution < 1.29 is 14.3 Å². The standard InChI is InChI=1S/C12H11ClN2O.C5H10O2.2C2H6/c1-2-15-7-10(6-14-15)12-5-11(13)4-3-9(12)8-16;1-5(2,3)7-4-6;2*1-2/h3-8H,2H2,1H3;4H,1-3H3;2*1-2H3. The number of ether oxygens (including phenoxy) is 1. The molecule has 0 amide bonds. The van der Waals surface area contributed by atoms with E-state index in [0.717, 1.165) is 24.0 Å². The van der Waals surface area contributed by atoms with Crippen LogP contribution in [-0.4, -0.2) is 28.1 Å². The van der Waals surface area contributed by atoms with Crippen molar-refractivity contribution in [1.82, 2.24) is 9.78 Å². The van der Waals surface area contributed by atoms with E-state index >= 15 is 0 Å². The van der Waals surface area contributed by atoms with E-state index in [1.807, 2.05) is 66.3 Å². The third kappa shape index (κ3) is 11.2. The van der Waals surface area contributed by atoms with Gasteiger partial charge in [-0.3, -0.25) is 14.3 Å². The van der Waals surface area contributed by atoms with Gasteiger partial charge in [0, 0.05) is 28.9 Å². The predicted octanol–water partition coefficient (Wildman–Crippen LogP) is 6.05. The lowest BCUT2D eigenvalue weighted by Crippen LogP contribution is -2.17. The van der Waals surface area contributed by atoms with Crippen molar-refractivity contribution in [3.05, 3.63) is 41.2 Å². The number of benzene rings is 1. The zero-order chi connectivity index (χ0) is 21.5. The zero-order valence-electron chi connectivity index (χ0n) is 17.7. The molecular weight excluding hydrogens is 364 g/mol. The monoisotopic (exact) mass is 396 g/mol. The summed E-state index contributed by atoms with van der Waals surface area (Å²) in [5.41, 5.74) is 2.04. The van der Waals surface area contributed by atoms with Crippen molar-refractivity contribution >= 4 is 24.4 Å². The van der Waals surface area contributed by atoms with E-state index in [9.17, 15) is 9.59 Å². The van der Waals surface area contributed by atoms with Crippen molar-refractivity contribution in [1.29, 1.82) is 0 Å². The lowest BCUT2D eigenvalue weighted by molar-refractivity contribution is -0.138. The Hall–Kier alpha value is -2.14. The minimum atomic E-state index is -0.318. The van der Waals surface area contributed by atoms with Gasteiger partial charge in [-0.2, -0.15) is 5.10 Å². The molecule has 1 heterocycles. The third-order valence-corrected chi connectivity index (χ3v) is 3.05. The molecule has 1 aromatic heterocycles. The van der Waals surface area contributed by atoms with Gasteiger partial charge in [0.05, 0.1) is 6.20 Å². The number of hydrogen-bond acceptors (Lipinski definition) is 4. The molecule has 2 aromatic rings. The Bertz CT molecular complexity index is 662. The summed E-state index contributed by atoms with van der Waals surface area (Å²) >= 11 is 5.92. The van der Waals surface area contributed by atoms with Gasteiger partial charge >= 0.3 is 0 Å². The van der Waals surface area contributed by atoms with Crippen LogP contribution in [0.3, 0.4) is 0 Å². The van der Waals surface area contributed by atoms with Crippen LogP contribution in [0.5, 0.6) is 0 Å². The van der Waals surface area contributed by atoms with Crippen LogP contribution in [0.4, 0.5) is 0 Å². The Morgan fingerprint density at radius 2 is 1.74 bits per heavy atom. The number of aryl methyl sites for hydroxylation is 1. The topological polar surface area (TPSA) is 61.2 Å². The molecule has 0 aliphatic rings. The van der Waals surface area contributed by atoms with Crippen LogP contribution in [0.2, 0.25) is 5.02 Å². The van der Waals surface area contributed by atoms with Crippen molar-refractivity contribution in [2.75, 3.05) is 0 Å². The molecule has 0 bridgehead atoms. The minimum Gasteiger partial charge on any atom is -0.462 e. The Morgan fingerprint density at radius 3 is 2.11 bits per heavy atom. The van der Waals surface area contributed by atoms with Crippen molar-refractivity contribution in [3.63, 3.8) is 0 Å². The first-order valence-electron chi connectivity index (χ1n) is 9.19. The van der Waals surface area contributed by atoms with Gasteiger partial charge in [-0.15, -0.1) is 0 Å². The van der Waals surface area contributed by atoms with E-state index in [4.69, 9.17) is 11.6 Å². The summed E-state index contributed by atoms with van der Waals surface area (Å²) < 4.78 is 6.36. The lowest BCUT2D eigenvalue weighted by atomic mass is 10.0. The van der Waals surface area contributed by atoms with E-state index in [1.54, 1.807) is 24.4 Å². The van der Waals surface area contributed by atoms with Gasteiger partial charge in [0.25, 0.3) is 6.47 Å². The number of rotatable bonds is 4. The second kappa shape index (κ2) is 15.0. The summed E-state index contributed by atoms with van der Waals surface area (Å²) in [6.07, 6.45) is 4.47. The molecule has 27 heavy (non-hydrogen) atoms. The minimum absolute atomic E-state index is 0.318. The fourth-order valence-corrected chi connectivity index (χ4v) is 1.87. The first-order valence-corrected chi connectivity index (χ1v) is 9.57. The highest BCUT2D eigenvalue weighted by molar-refractivity contribution is 6.31. The number of halogens is 1. The molecule has 6 heteroatoms. The maximum atomic E-state index is 10.9. The molecule has 0 aliphatic carbocycles. The van der Waals surface area contributed by atoms with Crippen LogP contribution in [-0.2, 0) is 16.1 Å². The predicted molar refractivity (Wildman–Crippen MR) is 113 cm³/mol. The molecule has 0 radical (unpaired) electrons. The number of carbonyl (C=O) groups is 2. The summed E-state index contributed by atoms with van der Waals surface area (Å²) in [6.45, 7) is 16.7. The van der Waals surface area contributed by atoms with E-state index < -0.39 is 0 Å². The number of aldehydes is 1. The van der Waals surface area contributed by atoms with Crippen molar-refractivity contribution in [2.45, 2.75) is 67.5 Å². The van der Waals surface area contributed by atoms with E-state index in [-0.39, 0.29) is 5.60 Å². The van der Waals surface area contributed by atoms with E-state index in [2.05, 4.69) is 9.84 Å². The molecule has 0 atom stereocenters. The van der Waals surface area contributed by atoms with Gasteiger partial charge in [-0.1, -0.05) is 39.3 Å². The van der Waals surface area contributed by atoms with Crippen LogP contribution >= 0.6 is 11.6 Å². The third-order valence-electron chi connectivity index (χ3n) is 2.81. The lowest BCUT2D eigenvalue weighted by Gasteiger charge is -2.14. The summed E-state index contributed by atoms with van der Waals surface area (Å²) in [5.74, 6) is 0. The van der Waals surface area contributed by atoms with Gasteiger partial charge in [-0.05, 0) is 51.5 Å². The maximum Gasteiger partial charge on any atom is 0.293 e. The van der Waals surface area contributed by atoms with Gasteiger partial charge < -0.3 is 4.74 Å². The normalized spacial score (nSPS) is 9.37. The summed E-state index contributed by atoms with van der Waals surface area (Å²) in [5, 5.41) is 4.79. The number of aromatic nitrogens is 2. The molecule has 0 aliphatic heterocycles. The van der Waals surface area contributed by atoms with Gasteiger partial charge in [0.1, 0.15) is 5.60 Å². The second-order valence-electron chi connectivity index (χ2n) is 5.76. The molecule has 1 aromatic carbocycles. The molecule has 5 nitrogen and oxygen atoms in total. The van der Waals surface area contributed by atoms with Crippen LogP contribution in [0, 0.1) is 0 Å². The fourth-order valence-electron chi connectivity index (χ4n) is 1.70. The van der Waals surface area contributed by atoms with Gasteiger partial charge in [0.2, 0.25) is 0 Å². The van der Waals surface area contributed by atoms with Gasteiger partial charge in [-0.25, -0.2) is 0 Å². The quantitative estimate of drug-likeness (QED) is 0.590. The van der Waals surface area contributed by atoms with Crippen LogP contribution in [0.1, 0.15) is 65.7 Å². The Labute approximate surface area is 168 Å².